The highest BCUT2D eigenvalue weighted by Gasteiger charge is 2.39. The minimum Gasteiger partial charge on any atom is -0.229 e. The summed E-state index contributed by atoms with van der Waals surface area (Å²) in [7, 11) is -2.75. The Morgan fingerprint density at radius 1 is 1.25 bits per heavy atom. The maximum Gasteiger partial charge on any atom is 0.150 e. The van der Waals surface area contributed by atoms with Crippen LogP contribution in [0.4, 0.5) is 0 Å². The Morgan fingerprint density at radius 3 is 2.56 bits per heavy atom. The summed E-state index contributed by atoms with van der Waals surface area (Å²) in [5, 5.41) is 0.209. The van der Waals surface area contributed by atoms with Crippen LogP contribution in [0.3, 0.4) is 0 Å². The predicted octanol–water partition coefficient (Wildman–Crippen LogP) is 2.85. The van der Waals surface area contributed by atoms with Crippen molar-refractivity contribution in [1.29, 1.82) is 0 Å². The Hall–Kier alpha value is 0.240. The van der Waals surface area contributed by atoms with Crippen molar-refractivity contribution in [3.8, 4) is 0 Å². The van der Waals surface area contributed by atoms with Crippen molar-refractivity contribution in [2.45, 2.75) is 44.4 Å². The van der Waals surface area contributed by atoms with E-state index >= 15 is 0 Å². The zero-order valence-corrected chi connectivity index (χ0v) is 11.4. The first-order chi connectivity index (χ1) is 7.52. The number of hydrogen-bond acceptors (Lipinski definition) is 2. The van der Waals surface area contributed by atoms with E-state index in [9.17, 15) is 8.42 Å². The Labute approximate surface area is 104 Å². The third kappa shape index (κ3) is 2.73. The fourth-order valence-corrected chi connectivity index (χ4v) is 5.61. The van der Waals surface area contributed by atoms with E-state index in [1.807, 2.05) is 0 Å². The maximum atomic E-state index is 11.5. The van der Waals surface area contributed by atoms with Crippen molar-refractivity contribution in [2.24, 2.45) is 17.8 Å². The molecule has 0 aromatic rings. The van der Waals surface area contributed by atoms with Gasteiger partial charge in [0.25, 0.3) is 0 Å². The van der Waals surface area contributed by atoms with Gasteiger partial charge in [0, 0.05) is 5.38 Å². The molecule has 0 amide bonds. The monoisotopic (exact) mass is 264 g/mol. The number of hydrogen-bond donors (Lipinski definition) is 0. The molecule has 2 rings (SSSR count). The van der Waals surface area contributed by atoms with Gasteiger partial charge in [-0.05, 0) is 43.4 Å². The Morgan fingerprint density at radius 2 is 2.00 bits per heavy atom. The van der Waals surface area contributed by atoms with Crippen LogP contribution in [-0.4, -0.2) is 25.3 Å². The lowest BCUT2D eigenvalue weighted by Gasteiger charge is -2.35. The highest BCUT2D eigenvalue weighted by atomic mass is 35.5. The van der Waals surface area contributed by atoms with Gasteiger partial charge in [-0.3, -0.25) is 0 Å². The normalized spacial score (nSPS) is 43.4. The van der Waals surface area contributed by atoms with Crippen molar-refractivity contribution >= 4 is 21.4 Å². The van der Waals surface area contributed by atoms with Gasteiger partial charge in [0.1, 0.15) is 0 Å². The zero-order chi connectivity index (χ0) is 11.8. The number of alkyl halides is 1. The lowest BCUT2D eigenvalue weighted by molar-refractivity contribution is 0.209. The van der Waals surface area contributed by atoms with Gasteiger partial charge in [-0.25, -0.2) is 8.42 Å². The molecule has 2 aliphatic rings. The molecule has 0 N–H and O–H groups in total. The molecule has 16 heavy (non-hydrogen) atoms. The molecule has 2 fully saturated rings. The van der Waals surface area contributed by atoms with E-state index in [2.05, 4.69) is 6.92 Å². The quantitative estimate of drug-likeness (QED) is 0.719. The molecule has 0 spiro atoms. The second-order valence-electron chi connectivity index (χ2n) is 5.43. The lowest BCUT2D eigenvalue weighted by Crippen LogP contribution is -2.31. The average molecular weight is 265 g/mol. The average Bonchev–Trinajstić information content (AvgIpc) is 2.59. The van der Waals surface area contributed by atoms with E-state index in [1.165, 1.54) is 12.8 Å². The van der Waals surface area contributed by atoms with Crippen molar-refractivity contribution in [1.82, 2.24) is 0 Å². The topological polar surface area (TPSA) is 34.1 Å². The summed E-state index contributed by atoms with van der Waals surface area (Å²) in [6.45, 7) is 2.22. The molecule has 1 aliphatic heterocycles. The molecule has 1 heterocycles. The van der Waals surface area contributed by atoms with Gasteiger partial charge in [-0.2, -0.15) is 0 Å². The first kappa shape index (κ1) is 12.7. The van der Waals surface area contributed by atoms with Crippen LogP contribution in [0.2, 0.25) is 0 Å². The fourth-order valence-electron chi connectivity index (χ4n) is 3.28. The van der Waals surface area contributed by atoms with E-state index in [-0.39, 0.29) is 5.38 Å². The smallest absolute Gasteiger partial charge is 0.150 e. The van der Waals surface area contributed by atoms with Gasteiger partial charge >= 0.3 is 0 Å². The van der Waals surface area contributed by atoms with E-state index in [4.69, 9.17) is 11.6 Å². The molecule has 1 saturated heterocycles. The van der Waals surface area contributed by atoms with Gasteiger partial charge < -0.3 is 0 Å². The highest BCUT2D eigenvalue weighted by molar-refractivity contribution is 7.91. The third-order valence-electron chi connectivity index (χ3n) is 4.37. The molecule has 1 saturated carbocycles. The van der Waals surface area contributed by atoms with Crippen molar-refractivity contribution in [2.75, 3.05) is 11.5 Å². The molecule has 0 bridgehead atoms. The molecule has 0 radical (unpaired) electrons. The predicted molar refractivity (Wildman–Crippen MR) is 67.5 cm³/mol. The summed E-state index contributed by atoms with van der Waals surface area (Å²) in [4.78, 5) is 0. The van der Waals surface area contributed by atoms with Gasteiger partial charge in [0.05, 0.1) is 11.5 Å². The van der Waals surface area contributed by atoms with Crippen molar-refractivity contribution < 1.29 is 8.42 Å². The van der Waals surface area contributed by atoms with Crippen LogP contribution in [0.1, 0.15) is 39.0 Å². The number of halogens is 1. The van der Waals surface area contributed by atoms with Crippen molar-refractivity contribution in [3.63, 3.8) is 0 Å². The van der Waals surface area contributed by atoms with Crippen LogP contribution >= 0.6 is 11.6 Å². The van der Waals surface area contributed by atoms with Crippen LogP contribution in [0.25, 0.3) is 0 Å². The molecule has 4 heteroatoms. The molecule has 1 aliphatic carbocycles. The highest BCUT2D eigenvalue weighted by Crippen LogP contribution is 2.41. The second-order valence-corrected chi connectivity index (χ2v) is 8.22. The van der Waals surface area contributed by atoms with Gasteiger partial charge in [-0.15, -0.1) is 11.6 Å². The Kier molecular flexibility index (Phi) is 3.85. The van der Waals surface area contributed by atoms with Gasteiger partial charge in [-0.1, -0.05) is 13.3 Å². The minimum atomic E-state index is -2.75. The summed E-state index contributed by atoms with van der Waals surface area (Å²) in [5.74, 6) is 2.31. The number of rotatable bonds is 2. The first-order valence-electron chi connectivity index (χ1n) is 6.36. The Balaban J connectivity index is 2.02. The SMILES string of the molecule is CCC1CCC(Cl)C(C2CCS(=O)(=O)C2)C1. The molecule has 0 aromatic carbocycles. The molecular formula is C12H21ClO2S. The molecule has 94 valence electrons. The van der Waals surface area contributed by atoms with Gasteiger partial charge in [0.15, 0.2) is 9.84 Å². The fraction of sp³-hybridized carbons (Fsp3) is 1.00. The zero-order valence-electron chi connectivity index (χ0n) is 9.86. The molecule has 4 unspecified atom stereocenters. The summed E-state index contributed by atoms with van der Waals surface area (Å²) < 4.78 is 23.0. The minimum absolute atomic E-state index is 0.209. The van der Waals surface area contributed by atoms with Crippen LogP contribution in [0.5, 0.6) is 0 Å². The summed E-state index contributed by atoms with van der Waals surface area (Å²) in [6.07, 6.45) is 5.49. The van der Waals surface area contributed by atoms with Crippen molar-refractivity contribution in [3.05, 3.63) is 0 Å². The second kappa shape index (κ2) is 4.85. The van der Waals surface area contributed by atoms with E-state index in [1.54, 1.807) is 0 Å². The van der Waals surface area contributed by atoms with Gasteiger partial charge in [0.2, 0.25) is 0 Å². The third-order valence-corrected chi connectivity index (χ3v) is 6.71. The summed E-state index contributed by atoms with van der Waals surface area (Å²) in [5.41, 5.74) is 0. The summed E-state index contributed by atoms with van der Waals surface area (Å²) >= 11 is 6.38. The standard InChI is InChI=1S/C12H21ClO2S/c1-2-9-3-4-12(13)11(7-9)10-5-6-16(14,15)8-10/h9-12H,2-8H2,1H3. The lowest BCUT2D eigenvalue weighted by atomic mass is 9.74. The van der Waals surface area contributed by atoms with Crippen LogP contribution in [0.15, 0.2) is 0 Å². The summed E-state index contributed by atoms with van der Waals surface area (Å²) in [6, 6.07) is 0. The maximum absolute atomic E-state index is 11.5. The van der Waals surface area contributed by atoms with Crippen LogP contribution < -0.4 is 0 Å². The first-order valence-corrected chi connectivity index (χ1v) is 8.62. The number of sulfone groups is 1. The van der Waals surface area contributed by atoms with Crippen LogP contribution in [0, 0.1) is 17.8 Å². The van der Waals surface area contributed by atoms with Crippen LogP contribution in [-0.2, 0) is 9.84 Å². The molecule has 4 atom stereocenters. The molecular weight excluding hydrogens is 244 g/mol. The molecule has 2 nitrogen and oxygen atoms in total. The van der Waals surface area contributed by atoms with E-state index in [0.29, 0.717) is 23.3 Å². The van der Waals surface area contributed by atoms with E-state index in [0.717, 1.165) is 25.2 Å². The molecule has 0 aromatic heterocycles. The Bertz CT molecular complexity index is 339. The largest absolute Gasteiger partial charge is 0.229 e. The van der Waals surface area contributed by atoms with E-state index < -0.39 is 9.84 Å².